The van der Waals surface area contributed by atoms with Crippen LogP contribution in [-0.4, -0.2) is 17.5 Å². The molecular formula is C5H9F2NO2S. The number of carbonyl (C=O) groups is 1. The molecule has 0 spiro atoms. The lowest BCUT2D eigenvalue weighted by Gasteiger charge is -1.98. The number of thioether (sulfide) groups is 1. The highest BCUT2D eigenvalue weighted by molar-refractivity contribution is 7.99. The minimum atomic E-state index is -2.37. The minimum Gasteiger partial charge on any atom is -0.373 e. The Kier molecular flexibility index (Phi) is 6.15. The van der Waals surface area contributed by atoms with Gasteiger partial charge in [-0.15, -0.1) is 0 Å². The predicted molar refractivity (Wildman–Crippen MR) is 38.0 cm³/mol. The first kappa shape index (κ1) is 10.6. The molecule has 11 heavy (non-hydrogen) atoms. The van der Waals surface area contributed by atoms with E-state index in [2.05, 4.69) is 10.7 Å². The molecule has 0 aliphatic rings. The van der Waals surface area contributed by atoms with E-state index >= 15 is 0 Å². The van der Waals surface area contributed by atoms with E-state index in [-0.39, 0.29) is 12.2 Å². The maximum Gasteiger partial charge on any atom is 0.324 e. The number of carbonyl (C=O) groups excluding carboxylic acids is 1. The van der Waals surface area contributed by atoms with Crippen LogP contribution in [-0.2, 0) is 9.63 Å². The molecule has 0 atom stereocenters. The lowest BCUT2D eigenvalue weighted by molar-refractivity contribution is -0.144. The first-order valence-corrected chi connectivity index (χ1v) is 4.01. The van der Waals surface area contributed by atoms with Gasteiger partial charge < -0.3 is 4.84 Å². The molecule has 0 aromatic rings. The van der Waals surface area contributed by atoms with Crippen molar-refractivity contribution < 1.29 is 18.4 Å². The third kappa shape index (κ3) is 7.54. The summed E-state index contributed by atoms with van der Waals surface area (Å²) in [5, 5.41) is 0. The van der Waals surface area contributed by atoms with Crippen molar-refractivity contribution in [3.8, 4) is 0 Å². The molecule has 0 fully saturated rings. The summed E-state index contributed by atoms with van der Waals surface area (Å²) >= 11 is 0.502. The van der Waals surface area contributed by atoms with Gasteiger partial charge in [0.25, 0.3) is 5.76 Å². The van der Waals surface area contributed by atoms with Crippen molar-refractivity contribution in [2.24, 2.45) is 5.90 Å². The first-order chi connectivity index (χ1) is 5.16. The molecule has 0 radical (unpaired) electrons. The van der Waals surface area contributed by atoms with Gasteiger partial charge in [-0.3, -0.25) is 4.79 Å². The second kappa shape index (κ2) is 6.36. The monoisotopic (exact) mass is 185 g/mol. The van der Waals surface area contributed by atoms with E-state index in [4.69, 9.17) is 0 Å². The smallest absolute Gasteiger partial charge is 0.324 e. The fraction of sp³-hybridized carbons (Fsp3) is 0.800. The summed E-state index contributed by atoms with van der Waals surface area (Å²) in [6, 6.07) is 0. The van der Waals surface area contributed by atoms with Crippen molar-refractivity contribution in [3.05, 3.63) is 0 Å². The van der Waals surface area contributed by atoms with Crippen molar-refractivity contribution in [2.75, 3.05) is 5.75 Å². The van der Waals surface area contributed by atoms with Crippen molar-refractivity contribution in [1.82, 2.24) is 0 Å². The van der Waals surface area contributed by atoms with Crippen LogP contribution in [0, 0.1) is 0 Å². The molecule has 0 bridgehead atoms. The lowest BCUT2D eigenvalue weighted by Crippen LogP contribution is -2.09. The Morgan fingerprint density at radius 2 is 2.27 bits per heavy atom. The first-order valence-electron chi connectivity index (χ1n) is 2.96. The van der Waals surface area contributed by atoms with E-state index in [1.54, 1.807) is 0 Å². The molecule has 66 valence electrons. The Morgan fingerprint density at radius 1 is 1.64 bits per heavy atom. The quantitative estimate of drug-likeness (QED) is 0.515. The van der Waals surface area contributed by atoms with E-state index in [0.29, 0.717) is 18.2 Å². The van der Waals surface area contributed by atoms with Crippen LogP contribution in [0.4, 0.5) is 8.78 Å². The average molecular weight is 185 g/mol. The summed E-state index contributed by atoms with van der Waals surface area (Å²) in [6.45, 7) is 0. The number of halogens is 2. The van der Waals surface area contributed by atoms with Crippen molar-refractivity contribution in [1.29, 1.82) is 0 Å². The van der Waals surface area contributed by atoms with Gasteiger partial charge in [0, 0.05) is 6.42 Å². The van der Waals surface area contributed by atoms with Gasteiger partial charge in [-0.25, -0.2) is 0 Å². The van der Waals surface area contributed by atoms with Crippen LogP contribution in [0.3, 0.4) is 0 Å². The predicted octanol–water partition coefficient (Wildman–Crippen LogP) is 1.14. The second-order valence-electron chi connectivity index (χ2n) is 1.72. The van der Waals surface area contributed by atoms with Crippen LogP contribution >= 0.6 is 11.8 Å². The van der Waals surface area contributed by atoms with Crippen LogP contribution in [0.2, 0.25) is 0 Å². The summed E-state index contributed by atoms with van der Waals surface area (Å²) in [5.74, 6) is 1.81. The van der Waals surface area contributed by atoms with E-state index < -0.39 is 11.7 Å². The van der Waals surface area contributed by atoms with Crippen LogP contribution in [0.15, 0.2) is 0 Å². The Hall–Kier alpha value is -0.360. The van der Waals surface area contributed by atoms with Gasteiger partial charge in [-0.05, 0) is 12.2 Å². The summed E-state index contributed by atoms with van der Waals surface area (Å²) in [4.78, 5) is 14.1. The summed E-state index contributed by atoms with van der Waals surface area (Å²) in [7, 11) is 0. The largest absolute Gasteiger partial charge is 0.373 e. The topological polar surface area (TPSA) is 52.3 Å². The van der Waals surface area contributed by atoms with Gasteiger partial charge in [0.2, 0.25) is 0 Å². The van der Waals surface area contributed by atoms with Gasteiger partial charge in [-0.1, -0.05) is 11.8 Å². The fourth-order valence-electron chi connectivity index (χ4n) is 0.448. The zero-order valence-corrected chi connectivity index (χ0v) is 6.57. The Bertz CT molecular complexity index is 123. The Morgan fingerprint density at radius 3 is 2.73 bits per heavy atom. The van der Waals surface area contributed by atoms with E-state index in [1.807, 2.05) is 0 Å². The zero-order valence-electron chi connectivity index (χ0n) is 5.76. The van der Waals surface area contributed by atoms with Crippen molar-refractivity contribution in [3.63, 3.8) is 0 Å². The van der Waals surface area contributed by atoms with E-state index in [9.17, 15) is 13.6 Å². The van der Waals surface area contributed by atoms with Crippen LogP contribution in [0.5, 0.6) is 0 Å². The Labute approximate surface area is 67.2 Å². The van der Waals surface area contributed by atoms with Crippen LogP contribution in [0.25, 0.3) is 0 Å². The third-order valence-corrected chi connectivity index (χ3v) is 1.68. The number of alkyl halides is 2. The molecule has 0 amide bonds. The second-order valence-corrected chi connectivity index (χ2v) is 2.82. The molecule has 0 unspecified atom stereocenters. The highest BCUT2D eigenvalue weighted by atomic mass is 32.2. The highest BCUT2D eigenvalue weighted by Gasteiger charge is 2.04. The van der Waals surface area contributed by atoms with Gasteiger partial charge in [0.05, 0.1) is 0 Å². The van der Waals surface area contributed by atoms with Crippen LogP contribution < -0.4 is 5.90 Å². The molecule has 2 N–H and O–H groups in total. The SMILES string of the molecule is NOC(=O)CCCSC(F)F. The number of hydrogen-bond donors (Lipinski definition) is 1. The van der Waals surface area contributed by atoms with Crippen molar-refractivity contribution >= 4 is 17.7 Å². The van der Waals surface area contributed by atoms with E-state index in [0.717, 1.165) is 0 Å². The van der Waals surface area contributed by atoms with Crippen LogP contribution in [0.1, 0.15) is 12.8 Å². The molecule has 0 aliphatic heterocycles. The highest BCUT2D eigenvalue weighted by Crippen LogP contribution is 2.14. The standard InChI is InChI=1S/C5H9F2NO2S/c6-5(7)11-3-1-2-4(9)10-8/h5H,1-3,8H2. The molecule has 0 saturated heterocycles. The zero-order chi connectivity index (χ0) is 8.69. The molecule has 0 heterocycles. The molecule has 0 aromatic carbocycles. The van der Waals surface area contributed by atoms with Gasteiger partial charge >= 0.3 is 5.97 Å². The number of hydrogen-bond acceptors (Lipinski definition) is 4. The Balaban J connectivity index is 3.08. The number of nitrogens with two attached hydrogens (primary N) is 1. The van der Waals surface area contributed by atoms with Gasteiger partial charge in [-0.2, -0.15) is 14.7 Å². The lowest BCUT2D eigenvalue weighted by atomic mass is 10.3. The molecule has 0 aliphatic carbocycles. The molecular weight excluding hydrogens is 176 g/mol. The molecule has 6 heteroatoms. The molecule has 0 rings (SSSR count). The van der Waals surface area contributed by atoms with Gasteiger partial charge in [0.15, 0.2) is 0 Å². The average Bonchev–Trinajstić information content (AvgIpc) is 1.97. The maximum absolute atomic E-state index is 11.5. The molecule has 0 saturated carbocycles. The fourth-order valence-corrected chi connectivity index (χ4v) is 0.937. The summed E-state index contributed by atoms with van der Waals surface area (Å²) in [6.07, 6.45) is 0.460. The minimum absolute atomic E-state index is 0.0935. The maximum atomic E-state index is 11.5. The number of rotatable bonds is 5. The molecule has 3 nitrogen and oxygen atoms in total. The van der Waals surface area contributed by atoms with Crippen molar-refractivity contribution in [2.45, 2.75) is 18.6 Å². The van der Waals surface area contributed by atoms with E-state index in [1.165, 1.54) is 0 Å². The molecule has 0 aromatic heterocycles. The summed E-state index contributed by atoms with van der Waals surface area (Å²) in [5.41, 5.74) is 0. The van der Waals surface area contributed by atoms with Gasteiger partial charge in [0.1, 0.15) is 0 Å². The normalized spacial score (nSPS) is 10.2. The summed E-state index contributed by atoms with van der Waals surface area (Å²) < 4.78 is 22.9. The third-order valence-electron chi connectivity index (χ3n) is 0.901.